The topological polar surface area (TPSA) is 128 Å². The minimum Gasteiger partial charge on any atom is -0.478 e. The van der Waals surface area contributed by atoms with Gasteiger partial charge in [-0.15, -0.1) is 0 Å². The van der Waals surface area contributed by atoms with Gasteiger partial charge >= 0.3 is 0 Å². The first-order valence-electron chi connectivity index (χ1n) is 19.7. The highest BCUT2D eigenvalue weighted by molar-refractivity contribution is 6.23. The second-order valence-corrected chi connectivity index (χ2v) is 14.9. The average molecular weight is 757 g/mol. The normalized spacial score (nSPS) is 17.2. The molecule has 2 fully saturated rings. The van der Waals surface area contributed by atoms with E-state index in [1.807, 2.05) is 36.8 Å². The number of nitrogens with one attached hydrogen (secondary N) is 1. The summed E-state index contributed by atoms with van der Waals surface area (Å²) in [5.41, 5.74) is 6.70. The van der Waals surface area contributed by atoms with Crippen LogP contribution in [0.5, 0.6) is 5.88 Å². The van der Waals surface area contributed by atoms with Crippen molar-refractivity contribution in [1.29, 1.82) is 0 Å². The van der Waals surface area contributed by atoms with E-state index in [2.05, 4.69) is 62.6 Å². The van der Waals surface area contributed by atoms with Gasteiger partial charge in [0.15, 0.2) is 0 Å². The second-order valence-electron chi connectivity index (χ2n) is 14.9. The van der Waals surface area contributed by atoms with Gasteiger partial charge in [-0.25, -0.2) is 4.98 Å². The first-order chi connectivity index (χ1) is 27.4. The summed E-state index contributed by atoms with van der Waals surface area (Å²) in [5, 5.41) is 5.03. The minimum atomic E-state index is -0.806. The summed E-state index contributed by atoms with van der Waals surface area (Å²) in [7, 11) is 2.09. The molecule has 5 aromatic rings. The number of benzene rings is 2. The number of nitrogens with zero attached hydrogens (tertiary/aromatic N) is 5. The zero-order valence-electron chi connectivity index (χ0n) is 31.9. The molecule has 1 unspecified atom stereocenters. The maximum Gasteiger partial charge on any atom is 0.262 e. The number of fused-ring (bicyclic) bond motifs is 4. The number of carbonyl (C=O) groups excluding carboxylic acids is 3. The SMILES string of the molecule is C=C1CCC(N2C(=O)c3ccc(N4CC(OCCCCCOCCCCCOc5ccc(-c6ccc7c8cnccc8n(C)c7c6)cn5)C4)cc3C2=O)C(=O)N1. The Balaban J connectivity index is 0.650. The molecule has 0 aliphatic carbocycles. The molecule has 12 nitrogen and oxygen atoms in total. The summed E-state index contributed by atoms with van der Waals surface area (Å²) >= 11 is 0. The van der Waals surface area contributed by atoms with E-state index < -0.39 is 17.9 Å². The van der Waals surface area contributed by atoms with E-state index in [0.29, 0.717) is 48.8 Å². The summed E-state index contributed by atoms with van der Waals surface area (Å²) in [6.45, 7) is 8.10. The predicted octanol–water partition coefficient (Wildman–Crippen LogP) is 6.82. The molecule has 0 spiro atoms. The van der Waals surface area contributed by atoms with Gasteiger partial charge in [-0.2, -0.15) is 0 Å². The van der Waals surface area contributed by atoms with E-state index >= 15 is 0 Å². The lowest BCUT2D eigenvalue weighted by Gasteiger charge is -2.40. The van der Waals surface area contributed by atoms with Crippen LogP contribution in [0.4, 0.5) is 5.69 Å². The molecular formula is C44H48N6O6. The van der Waals surface area contributed by atoms with Crippen molar-refractivity contribution in [2.75, 3.05) is 44.4 Å². The number of amides is 3. The van der Waals surface area contributed by atoms with Gasteiger partial charge in [0.1, 0.15) is 6.04 Å². The number of rotatable bonds is 17. The van der Waals surface area contributed by atoms with E-state index in [-0.39, 0.29) is 12.0 Å². The van der Waals surface area contributed by atoms with Gasteiger partial charge in [0.2, 0.25) is 11.8 Å². The van der Waals surface area contributed by atoms with Crippen LogP contribution in [0.25, 0.3) is 32.9 Å². The molecule has 56 heavy (non-hydrogen) atoms. The molecule has 1 atom stereocenters. The molecule has 3 amide bonds. The fourth-order valence-electron chi connectivity index (χ4n) is 7.85. The number of piperidine rings is 1. The number of pyridine rings is 2. The van der Waals surface area contributed by atoms with E-state index in [1.165, 1.54) is 16.4 Å². The number of aromatic nitrogens is 3. The highest BCUT2D eigenvalue weighted by Gasteiger charge is 2.44. The molecule has 290 valence electrons. The zero-order valence-corrected chi connectivity index (χ0v) is 31.9. The Morgan fingerprint density at radius 2 is 1.55 bits per heavy atom. The van der Waals surface area contributed by atoms with Gasteiger partial charge in [0.25, 0.3) is 11.8 Å². The van der Waals surface area contributed by atoms with Gasteiger partial charge < -0.3 is 29.0 Å². The van der Waals surface area contributed by atoms with Gasteiger partial charge in [-0.05, 0) is 93.3 Å². The molecule has 0 radical (unpaired) electrons. The van der Waals surface area contributed by atoms with Crippen molar-refractivity contribution in [1.82, 2.24) is 24.8 Å². The van der Waals surface area contributed by atoms with Crippen LogP contribution in [0, 0.1) is 0 Å². The van der Waals surface area contributed by atoms with Crippen LogP contribution in [0.3, 0.4) is 0 Å². The lowest BCUT2D eigenvalue weighted by molar-refractivity contribution is -0.125. The third-order valence-corrected chi connectivity index (χ3v) is 11.1. The van der Waals surface area contributed by atoms with E-state index in [1.54, 1.807) is 12.1 Å². The number of anilines is 1. The summed E-state index contributed by atoms with van der Waals surface area (Å²) in [4.78, 5) is 50.8. The largest absolute Gasteiger partial charge is 0.478 e. The molecule has 12 heteroatoms. The number of hydrogen-bond acceptors (Lipinski definition) is 9. The zero-order chi connectivity index (χ0) is 38.6. The Hall–Kier alpha value is -5.59. The number of allylic oxidation sites excluding steroid dienone is 1. The number of carbonyl (C=O) groups is 3. The molecule has 6 heterocycles. The van der Waals surface area contributed by atoms with Crippen LogP contribution in [0.1, 0.15) is 72.1 Å². The van der Waals surface area contributed by atoms with Gasteiger partial charge in [-0.1, -0.05) is 18.7 Å². The van der Waals surface area contributed by atoms with Gasteiger partial charge in [-0.3, -0.25) is 24.3 Å². The van der Waals surface area contributed by atoms with Crippen LogP contribution in [0.15, 0.2) is 85.5 Å². The average Bonchev–Trinajstić information content (AvgIpc) is 3.62. The summed E-state index contributed by atoms with van der Waals surface area (Å²) in [6, 6.07) is 17.1. The second kappa shape index (κ2) is 16.6. The van der Waals surface area contributed by atoms with Crippen molar-refractivity contribution >= 4 is 45.2 Å². The Bertz CT molecular complexity index is 2260. The molecule has 0 bridgehead atoms. The first-order valence-corrected chi connectivity index (χ1v) is 19.7. The van der Waals surface area contributed by atoms with Crippen molar-refractivity contribution in [2.45, 2.75) is 63.5 Å². The van der Waals surface area contributed by atoms with Crippen LogP contribution in [-0.4, -0.2) is 88.8 Å². The van der Waals surface area contributed by atoms with Crippen LogP contribution in [0.2, 0.25) is 0 Å². The third kappa shape index (κ3) is 7.76. The first kappa shape index (κ1) is 37.3. The minimum absolute atomic E-state index is 0.140. The Labute approximate surface area is 326 Å². The van der Waals surface area contributed by atoms with Gasteiger partial charge in [0.05, 0.1) is 29.4 Å². The number of ether oxygens (including phenoxy) is 3. The summed E-state index contributed by atoms with van der Waals surface area (Å²) in [5.74, 6) is -0.544. The maximum absolute atomic E-state index is 13.2. The van der Waals surface area contributed by atoms with E-state index in [4.69, 9.17) is 14.2 Å². The highest BCUT2D eigenvalue weighted by Crippen LogP contribution is 2.34. The molecule has 3 aliphatic rings. The van der Waals surface area contributed by atoms with Crippen molar-refractivity contribution in [3.63, 3.8) is 0 Å². The lowest BCUT2D eigenvalue weighted by Crippen LogP contribution is -2.52. The quantitative estimate of drug-likeness (QED) is 0.0804. The van der Waals surface area contributed by atoms with Crippen molar-refractivity contribution < 1.29 is 28.6 Å². The summed E-state index contributed by atoms with van der Waals surface area (Å²) in [6.07, 6.45) is 12.7. The molecule has 0 saturated carbocycles. The molecule has 2 saturated heterocycles. The molecule has 8 rings (SSSR count). The molecule has 2 aromatic carbocycles. The van der Waals surface area contributed by atoms with Crippen LogP contribution in [-0.2, 0) is 21.3 Å². The fourth-order valence-corrected chi connectivity index (χ4v) is 7.85. The maximum atomic E-state index is 13.2. The van der Waals surface area contributed by atoms with E-state index in [0.717, 1.165) is 91.9 Å². The number of unbranched alkanes of at least 4 members (excludes halogenated alkanes) is 4. The number of hydrogen-bond donors (Lipinski definition) is 1. The Kier molecular flexibility index (Phi) is 11.1. The van der Waals surface area contributed by atoms with E-state index in [9.17, 15) is 14.4 Å². The highest BCUT2D eigenvalue weighted by atomic mass is 16.5. The monoisotopic (exact) mass is 756 g/mol. The number of imide groups is 1. The predicted molar refractivity (Wildman–Crippen MR) is 215 cm³/mol. The molecular weight excluding hydrogens is 709 g/mol. The van der Waals surface area contributed by atoms with Crippen molar-refractivity contribution in [2.24, 2.45) is 7.05 Å². The smallest absolute Gasteiger partial charge is 0.262 e. The van der Waals surface area contributed by atoms with Crippen molar-refractivity contribution in [3.8, 4) is 17.0 Å². The molecule has 1 N–H and O–H groups in total. The van der Waals surface area contributed by atoms with Crippen molar-refractivity contribution in [3.05, 3.63) is 96.6 Å². The third-order valence-electron chi connectivity index (χ3n) is 11.1. The Morgan fingerprint density at radius 1 is 0.786 bits per heavy atom. The summed E-state index contributed by atoms with van der Waals surface area (Å²) < 4.78 is 20.0. The fraction of sp³-hybridized carbons (Fsp3) is 0.386. The number of aryl methyl sites for hydroxylation is 1. The van der Waals surface area contributed by atoms with Crippen LogP contribution < -0.4 is 15.0 Å². The standard InChI is InChI=1S/C44H48N6O6/c1-29-9-15-39(42(51)47-29)50-43(52)35-14-12-32(24-36(35)44(50)53)49-27-33(28-49)55-21-7-3-5-19-54-20-6-4-8-22-56-41-16-11-31(25-46-41)30-10-13-34-37-26-45-18-17-38(37)48(2)40(34)23-30/h10-14,16-18,23-26,33,39H,1,3-9,15,19-22,27-28H2,2H3,(H,47,51). The Morgan fingerprint density at radius 3 is 2.34 bits per heavy atom. The molecule has 3 aromatic heterocycles. The van der Waals surface area contributed by atoms with Gasteiger partial charge in [0, 0.05) is 97.9 Å². The lowest BCUT2D eigenvalue weighted by atomic mass is 10.0. The van der Waals surface area contributed by atoms with Crippen LogP contribution >= 0.6 is 0 Å². The molecule has 3 aliphatic heterocycles.